The van der Waals surface area contributed by atoms with E-state index in [1.807, 2.05) is 16.8 Å². The Morgan fingerprint density at radius 3 is 2.82 bits per heavy atom. The molecule has 0 fully saturated rings. The molecule has 0 amide bonds. The molecule has 0 aliphatic heterocycles. The van der Waals surface area contributed by atoms with E-state index in [9.17, 15) is 8.42 Å². The van der Waals surface area contributed by atoms with Crippen molar-refractivity contribution in [3.8, 4) is 0 Å². The van der Waals surface area contributed by atoms with Crippen LogP contribution in [0.15, 0.2) is 16.8 Å². The molecule has 62 valence electrons. The first-order valence-corrected chi connectivity index (χ1v) is 5.69. The molecule has 0 aliphatic carbocycles. The zero-order chi connectivity index (χ0) is 8.32. The molecule has 1 rings (SSSR count). The third kappa shape index (κ3) is 3.50. The predicted octanol–water partition coefficient (Wildman–Crippen LogP) is 1.22. The second-order valence-electron chi connectivity index (χ2n) is 2.10. The minimum Gasteiger partial charge on any atom is -0.265 e. The van der Waals surface area contributed by atoms with Crippen LogP contribution in [0.4, 0.5) is 0 Å². The van der Waals surface area contributed by atoms with Gasteiger partial charge in [-0.1, -0.05) is 0 Å². The summed E-state index contributed by atoms with van der Waals surface area (Å²) in [6, 6.07) is 1.83. The average Bonchev–Trinajstić information content (AvgIpc) is 2.32. The Bertz CT molecular complexity index is 299. The molecular weight excluding hydrogens is 184 g/mol. The van der Waals surface area contributed by atoms with Gasteiger partial charge in [-0.05, 0) is 22.4 Å². The zero-order valence-electron chi connectivity index (χ0n) is 5.98. The fourth-order valence-corrected chi connectivity index (χ4v) is 1.55. The maximum Gasteiger partial charge on any atom is 0.264 e. The lowest BCUT2D eigenvalue weighted by Gasteiger charge is -1.96. The number of thiophene rings is 1. The molecule has 11 heavy (non-hydrogen) atoms. The van der Waals surface area contributed by atoms with Crippen molar-refractivity contribution in [2.45, 2.75) is 6.61 Å². The lowest BCUT2D eigenvalue weighted by atomic mass is 10.4. The lowest BCUT2D eigenvalue weighted by molar-refractivity contribution is 0.312. The van der Waals surface area contributed by atoms with Crippen molar-refractivity contribution in [2.24, 2.45) is 0 Å². The van der Waals surface area contributed by atoms with Crippen LogP contribution in [0.3, 0.4) is 0 Å². The highest BCUT2D eigenvalue weighted by Gasteiger charge is 2.01. The summed E-state index contributed by atoms with van der Waals surface area (Å²) in [6.45, 7) is 0.141. The molecule has 1 aromatic rings. The van der Waals surface area contributed by atoms with Crippen LogP contribution in [0.1, 0.15) is 5.56 Å². The zero-order valence-corrected chi connectivity index (χ0v) is 7.61. The van der Waals surface area contributed by atoms with Gasteiger partial charge in [-0.3, -0.25) is 4.18 Å². The van der Waals surface area contributed by atoms with E-state index >= 15 is 0 Å². The van der Waals surface area contributed by atoms with Gasteiger partial charge in [0.25, 0.3) is 10.1 Å². The van der Waals surface area contributed by atoms with E-state index in [-0.39, 0.29) is 6.61 Å². The van der Waals surface area contributed by atoms with Gasteiger partial charge in [0, 0.05) is 0 Å². The third-order valence-electron chi connectivity index (χ3n) is 1.02. The van der Waals surface area contributed by atoms with Crippen LogP contribution in [0, 0.1) is 0 Å². The maximum atomic E-state index is 10.5. The number of hydrogen-bond donors (Lipinski definition) is 0. The molecule has 0 saturated heterocycles. The molecule has 0 atom stereocenters. The summed E-state index contributed by atoms with van der Waals surface area (Å²) in [5.41, 5.74) is 0.889. The highest BCUT2D eigenvalue weighted by Crippen LogP contribution is 2.07. The quantitative estimate of drug-likeness (QED) is 0.676. The van der Waals surface area contributed by atoms with Gasteiger partial charge in [-0.2, -0.15) is 19.8 Å². The first-order valence-electron chi connectivity index (χ1n) is 2.93. The molecule has 0 saturated carbocycles. The summed E-state index contributed by atoms with van der Waals surface area (Å²) in [5.74, 6) is 0. The Morgan fingerprint density at radius 2 is 2.36 bits per heavy atom. The van der Waals surface area contributed by atoms with Crippen LogP contribution in [0.25, 0.3) is 0 Å². The van der Waals surface area contributed by atoms with Crippen LogP contribution in [0.2, 0.25) is 0 Å². The topological polar surface area (TPSA) is 43.4 Å². The fraction of sp³-hybridized carbons (Fsp3) is 0.333. The van der Waals surface area contributed by atoms with E-state index in [1.165, 1.54) is 11.3 Å². The van der Waals surface area contributed by atoms with Gasteiger partial charge < -0.3 is 0 Å². The van der Waals surface area contributed by atoms with Gasteiger partial charge in [0.2, 0.25) is 0 Å². The minimum absolute atomic E-state index is 0.141. The Morgan fingerprint density at radius 1 is 1.64 bits per heavy atom. The molecule has 0 aliphatic rings. The summed E-state index contributed by atoms with van der Waals surface area (Å²) in [7, 11) is -3.30. The lowest BCUT2D eigenvalue weighted by Crippen LogP contribution is -2.01. The van der Waals surface area contributed by atoms with Gasteiger partial charge in [-0.25, -0.2) is 0 Å². The van der Waals surface area contributed by atoms with E-state index in [0.717, 1.165) is 11.8 Å². The number of rotatable bonds is 3. The van der Waals surface area contributed by atoms with Crippen molar-refractivity contribution in [1.29, 1.82) is 0 Å². The normalized spacial score (nSPS) is 11.7. The van der Waals surface area contributed by atoms with Gasteiger partial charge in [-0.15, -0.1) is 0 Å². The van der Waals surface area contributed by atoms with Crippen LogP contribution in [-0.4, -0.2) is 14.7 Å². The molecule has 0 aromatic carbocycles. The molecule has 0 N–H and O–H groups in total. The highest BCUT2D eigenvalue weighted by atomic mass is 32.2. The second-order valence-corrected chi connectivity index (χ2v) is 4.52. The molecular formula is C6H8O3S2. The Hall–Kier alpha value is -0.390. The van der Waals surface area contributed by atoms with E-state index in [0.29, 0.717) is 0 Å². The van der Waals surface area contributed by atoms with Crippen LogP contribution in [0.5, 0.6) is 0 Å². The molecule has 0 radical (unpaired) electrons. The minimum atomic E-state index is -3.30. The summed E-state index contributed by atoms with van der Waals surface area (Å²) in [5, 5.41) is 3.73. The van der Waals surface area contributed by atoms with Crippen molar-refractivity contribution in [3.05, 3.63) is 22.4 Å². The smallest absolute Gasteiger partial charge is 0.264 e. The molecule has 1 heterocycles. The van der Waals surface area contributed by atoms with Crippen LogP contribution in [-0.2, 0) is 20.9 Å². The van der Waals surface area contributed by atoms with E-state index < -0.39 is 10.1 Å². The van der Waals surface area contributed by atoms with Crippen LogP contribution >= 0.6 is 11.3 Å². The summed E-state index contributed by atoms with van der Waals surface area (Å²) in [6.07, 6.45) is 1.04. The predicted molar refractivity (Wildman–Crippen MR) is 44.0 cm³/mol. The Labute approximate surface area is 69.7 Å². The number of hydrogen-bond acceptors (Lipinski definition) is 4. The van der Waals surface area contributed by atoms with E-state index in [4.69, 9.17) is 0 Å². The summed E-state index contributed by atoms with van der Waals surface area (Å²) >= 11 is 1.52. The van der Waals surface area contributed by atoms with Crippen molar-refractivity contribution in [2.75, 3.05) is 6.26 Å². The molecule has 3 nitrogen and oxygen atoms in total. The second kappa shape index (κ2) is 3.34. The Balaban J connectivity index is 2.48. The van der Waals surface area contributed by atoms with Gasteiger partial charge in [0.15, 0.2) is 0 Å². The van der Waals surface area contributed by atoms with Crippen molar-refractivity contribution in [3.63, 3.8) is 0 Å². The van der Waals surface area contributed by atoms with E-state index in [2.05, 4.69) is 4.18 Å². The first-order chi connectivity index (χ1) is 5.08. The van der Waals surface area contributed by atoms with Crippen LogP contribution < -0.4 is 0 Å². The third-order valence-corrected chi connectivity index (χ3v) is 2.30. The average molecular weight is 192 g/mol. The van der Waals surface area contributed by atoms with Crippen molar-refractivity contribution >= 4 is 21.5 Å². The Kier molecular flexibility index (Phi) is 2.64. The van der Waals surface area contributed by atoms with Crippen molar-refractivity contribution in [1.82, 2.24) is 0 Å². The van der Waals surface area contributed by atoms with E-state index in [1.54, 1.807) is 0 Å². The van der Waals surface area contributed by atoms with Gasteiger partial charge in [0.05, 0.1) is 12.9 Å². The highest BCUT2D eigenvalue weighted by molar-refractivity contribution is 7.85. The first kappa shape index (κ1) is 8.70. The largest absolute Gasteiger partial charge is 0.265 e. The molecule has 0 bridgehead atoms. The monoisotopic (exact) mass is 192 g/mol. The SMILES string of the molecule is CS(=O)(=O)OCc1ccsc1. The molecule has 0 unspecified atom stereocenters. The standard InChI is InChI=1S/C6H8O3S2/c1-11(7,8)9-4-6-2-3-10-5-6/h2-3,5H,4H2,1H3. The van der Waals surface area contributed by atoms with Gasteiger partial charge >= 0.3 is 0 Å². The molecule has 0 spiro atoms. The summed E-state index contributed by atoms with van der Waals surface area (Å²) < 4.78 is 25.6. The van der Waals surface area contributed by atoms with Gasteiger partial charge in [0.1, 0.15) is 0 Å². The summed E-state index contributed by atoms with van der Waals surface area (Å²) in [4.78, 5) is 0. The molecule has 1 aromatic heterocycles. The maximum absolute atomic E-state index is 10.5. The molecule has 5 heteroatoms. The fourth-order valence-electron chi connectivity index (χ4n) is 0.550. The van der Waals surface area contributed by atoms with Crippen molar-refractivity contribution < 1.29 is 12.6 Å².